The number of esters is 1. The van der Waals surface area contributed by atoms with Gasteiger partial charge in [-0.2, -0.15) is 5.26 Å². The molecule has 100 valence electrons. The molecule has 4 nitrogen and oxygen atoms in total. The molecule has 0 spiro atoms. The van der Waals surface area contributed by atoms with Crippen LogP contribution in [0, 0.1) is 11.3 Å². The van der Waals surface area contributed by atoms with E-state index in [9.17, 15) is 4.79 Å². The summed E-state index contributed by atoms with van der Waals surface area (Å²) >= 11 is 5.95. The van der Waals surface area contributed by atoms with E-state index in [1.165, 1.54) is 25.3 Å². The van der Waals surface area contributed by atoms with Crippen LogP contribution in [0.5, 0.6) is 11.5 Å². The van der Waals surface area contributed by atoms with E-state index in [1.54, 1.807) is 24.3 Å². The van der Waals surface area contributed by atoms with Crippen molar-refractivity contribution in [1.82, 2.24) is 0 Å². The molecule has 5 heteroatoms. The lowest BCUT2D eigenvalue weighted by atomic mass is 10.2. The van der Waals surface area contributed by atoms with Crippen LogP contribution in [0.25, 0.3) is 0 Å². The van der Waals surface area contributed by atoms with Gasteiger partial charge in [-0.05, 0) is 36.4 Å². The molecule has 0 unspecified atom stereocenters. The lowest BCUT2D eigenvalue weighted by molar-refractivity contribution is 0.0734. The van der Waals surface area contributed by atoms with Crippen LogP contribution in [0.1, 0.15) is 15.9 Å². The maximum atomic E-state index is 12.0. The Morgan fingerprint density at radius 1 is 1.25 bits per heavy atom. The molecule has 0 aromatic heterocycles. The molecule has 0 heterocycles. The zero-order valence-corrected chi connectivity index (χ0v) is 11.3. The third-order valence-corrected chi connectivity index (χ3v) is 2.86. The molecule has 0 saturated carbocycles. The first-order chi connectivity index (χ1) is 9.63. The summed E-state index contributed by atoms with van der Waals surface area (Å²) in [5, 5.41) is 8.95. The van der Waals surface area contributed by atoms with Gasteiger partial charge in [0.2, 0.25) is 0 Å². The van der Waals surface area contributed by atoms with Crippen molar-refractivity contribution in [2.45, 2.75) is 0 Å². The van der Waals surface area contributed by atoms with Crippen LogP contribution in [-0.4, -0.2) is 13.1 Å². The summed E-state index contributed by atoms with van der Waals surface area (Å²) in [6, 6.07) is 13.0. The van der Waals surface area contributed by atoms with Crippen LogP contribution >= 0.6 is 11.6 Å². The van der Waals surface area contributed by atoms with Crippen LogP contribution in [0.3, 0.4) is 0 Å². The molecule has 0 fully saturated rings. The van der Waals surface area contributed by atoms with E-state index in [2.05, 4.69) is 0 Å². The van der Waals surface area contributed by atoms with E-state index >= 15 is 0 Å². The van der Waals surface area contributed by atoms with Gasteiger partial charge in [-0.25, -0.2) is 4.79 Å². The second-order valence-corrected chi connectivity index (χ2v) is 4.29. The number of methoxy groups -OCH3 is 1. The lowest BCUT2D eigenvalue weighted by Gasteiger charge is -2.07. The van der Waals surface area contributed by atoms with Gasteiger partial charge in [0.05, 0.1) is 29.3 Å². The van der Waals surface area contributed by atoms with Crippen LogP contribution in [0.15, 0.2) is 42.5 Å². The molecule has 0 bridgehead atoms. The highest BCUT2D eigenvalue weighted by Gasteiger charge is 2.12. The second kappa shape index (κ2) is 6.09. The summed E-state index contributed by atoms with van der Waals surface area (Å²) in [6.07, 6.45) is 0. The van der Waals surface area contributed by atoms with Gasteiger partial charge in [0, 0.05) is 0 Å². The van der Waals surface area contributed by atoms with Crippen molar-refractivity contribution in [2.75, 3.05) is 7.11 Å². The number of carbonyl (C=O) groups excluding carboxylic acids is 1. The van der Waals surface area contributed by atoms with Gasteiger partial charge in [-0.15, -0.1) is 0 Å². The number of halogens is 1. The number of nitrogens with zero attached hydrogens (tertiary/aromatic N) is 1. The van der Waals surface area contributed by atoms with Gasteiger partial charge in [-0.3, -0.25) is 0 Å². The van der Waals surface area contributed by atoms with Gasteiger partial charge >= 0.3 is 5.97 Å². The fourth-order valence-corrected chi connectivity index (χ4v) is 1.78. The van der Waals surface area contributed by atoms with Gasteiger partial charge in [-0.1, -0.05) is 17.7 Å². The zero-order valence-electron chi connectivity index (χ0n) is 10.6. The van der Waals surface area contributed by atoms with Gasteiger partial charge in [0.1, 0.15) is 11.5 Å². The Kier molecular flexibility index (Phi) is 4.24. The van der Waals surface area contributed by atoms with Crippen LogP contribution in [0.2, 0.25) is 5.02 Å². The van der Waals surface area contributed by atoms with E-state index in [0.717, 1.165) is 0 Å². The molecule has 0 atom stereocenters. The number of carbonyl (C=O) groups is 1. The maximum absolute atomic E-state index is 12.0. The largest absolute Gasteiger partial charge is 0.497 e. The van der Waals surface area contributed by atoms with Crippen molar-refractivity contribution in [2.24, 2.45) is 0 Å². The van der Waals surface area contributed by atoms with Crippen LogP contribution in [-0.2, 0) is 0 Å². The number of hydrogen-bond acceptors (Lipinski definition) is 4. The van der Waals surface area contributed by atoms with Gasteiger partial charge in [0.15, 0.2) is 0 Å². The van der Waals surface area contributed by atoms with Gasteiger partial charge in [0.25, 0.3) is 0 Å². The molecular formula is C15H10ClNO3. The molecule has 2 aromatic rings. The zero-order chi connectivity index (χ0) is 14.5. The fourth-order valence-electron chi connectivity index (χ4n) is 1.56. The minimum Gasteiger partial charge on any atom is -0.497 e. The van der Waals surface area contributed by atoms with Gasteiger partial charge < -0.3 is 9.47 Å². The van der Waals surface area contributed by atoms with Crippen molar-refractivity contribution < 1.29 is 14.3 Å². The Morgan fingerprint density at radius 3 is 2.70 bits per heavy atom. The summed E-state index contributed by atoms with van der Waals surface area (Å²) in [4.78, 5) is 12.0. The van der Waals surface area contributed by atoms with Crippen molar-refractivity contribution in [3.05, 3.63) is 58.6 Å². The number of hydrogen-bond donors (Lipinski definition) is 0. The first-order valence-electron chi connectivity index (χ1n) is 5.70. The quantitative estimate of drug-likeness (QED) is 0.641. The van der Waals surface area contributed by atoms with E-state index in [4.69, 9.17) is 26.3 Å². The monoisotopic (exact) mass is 287 g/mol. The van der Waals surface area contributed by atoms with Crippen molar-refractivity contribution in [1.29, 1.82) is 5.26 Å². The molecule has 0 N–H and O–H groups in total. The molecule has 0 aliphatic rings. The highest BCUT2D eigenvalue weighted by Crippen LogP contribution is 2.26. The topological polar surface area (TPSA) is 59.3 Å². The Bertz CT molecular complexity index is 692. The standard InChI is InChI=1S/C15H10ClNO3/c1-19-12-4-2-3-11(8-12)15(18)20-14-6-5-10(9-17)7-13(14)16/h2-8H,1H3. The first-order valence-corrected chi connectivity index (χ1v) is 6.07. The Labute approximate surface area is 121 Å². The maximum Gasteiger partial charge on any atom is 0.343 e. The van der Waals surface area contributed by atoms with E-state index in [-0.39, 0.29) is 10.8 Å². The predicted octanol–water partition coefficient (Wildman–Crippen LogP) is 3.44. The average Bonchev–Trinajstić information content (AvgIpc) is 2.49. The van der Waals surface area contributed by atoms with Crippen LogP contribution < -0.4 is 9.47 Å². The lowest BCUT2D eigenvalue weighted by Crippen LogP contribution is -2.08. The van der Waals surface area contributed by atoms with Crippen molar-refractivity contribution in [3.63, 3.8) is 0 Å². The number of rotatable bonds is 3. The Morgan fingerprint density at radius 2 is 2.05 bits per heavy atom. The van der Waals surface area contributed by atoms with E-state index in [0.29, 0.717) is 16.9 Å². The number of ether oxygens (including phenoxy) is 2. The minimum absolute atomic E-state index is 0.207. The first kappa shape index (κ1) is 13.9. The molecule has 0 aliphatic carbocycles. The normalized spacial score (nSPS) is 9.65. The highest BCUT2D eigenvalue weighted by atomic mass is 35.5. The average molecular weight is 288 g/mol. The summed E-state index contributed by atoms with van der Waals surface area (Å²) in [7, 11) is 1.52. The highest BCUT2D eigenvalue weighted by molar-refractivity contribution is 6.32. The third kappa shape index (κ3) is 3.08. The molecule has 0 radical (unpaired) electrons. The second-order valence-electron chi connectivity index (χ2n) is 3.88. The van der Waals surface area contributed by atoms with Crippen molar-refractivity contribution in [3.8, 4) is 17.6 Å². The Hall–Kier alpha value is -2.51. The summed E-state index contributed by atoms with van der Waals surface area (Å²) in [5.41, 5.74) is 0.751. The molecule has 0 saturated heterocycles. The minimum atomic E-state index is -0.546. The van der Waals surface area contributed by atoms with Crippen molar-refractivity contribution >= 4 is 17.6 Å². The summed E-state index contributed by atoms with van der Waals surface area (Å²) in [5.74, 6) is 0.222. The van der Waals surface area contributed by atoms with E-state index < -0.39 is 5.97 Å². The molecule has 2 rings (SSSR count). The predicted molar refractivity (Wildman–Crippen MR) is 74.1 cm³/mol. The molecular weight excluding hydrogens is 278 g/mol. The Balaban J connectivity index is 2.21. The van der Waals surface area contributed by atoms with Crippen LogP contribution in [0.4, 0.5) is 0 Å². The number of nitriles is 1. The fraction of sp³-hybridized carbons (Fsp3) is 0.0667. The molecule has 2 aromatic carbocycles. The summed E-state index contributed by atoms with van der Waals surface area (Å²) in [6.45, 7) is 0. The van der Waals surface area contributed by atoms with E-state index in [1.807, 2.05) is 6.07 Å². The molecule has 20 heavy (non-hydrogen) atoms. The summed E-state index contributed by atoms with van der Waals surface area (Å²) < 4.78 is 10.2. The molecule has 0 amide bonds. The third-order valence-electron chi connectivity index (χ3n) is 2.57. The smallest absolute Gasteiger partial charge is 0.343 e. The molecule has 0 aliphatic heterocycles. The SMILES string of the molecule is COc1cccc(C(=O)Oc2ccc(C#N)cc2Cl)c1. The number of benzene rings is 2.